The second-order valence-corrected chi connectivity index (χ2v) is 60.2. The highest BCUT2D eigenvalue weighted by Gasteiger charge is 2.42. The Kier molecular flexibility index (Phi) is 27.4. The Labute approximate surface area is 361 Å². The van der Waals surface area contributed by atoms with Gasteiger partial charge in [-0.3, -0.25) is 0 Å². The molecule has 0 fully saturated rings. The fraction of sp³-hybridized carbons (Fsp3) is 0.727. The first-order valence-corrected chi connectivity index (χ1v) is 47.0. The van der Waals surface area contributed by atoms with E-state index in [1.807, 2.05) is 0 Å². The summed E-state index contributed by atoms with van der Waals surface area (Å²) in [5.41, 5.74) is 0. The molecule has 0 spiro atoms. The third kappa shape index (κ3) is 22.6. The average Bonchev–Trinajstić information content (AvgIpc) is 3.12. The van der Waals surface area contributed by atoms with Gasteiger partial charge in [-0.1, -0.05) is 208 Å². The van der Waals surface area contributed by atoms with Gasteiger partial charge in [0.05, 0.1) is 0 Å². The number of benzene rings is 2. The maximum Gasteiger partial charge on any atom is 0.150 e. The van der Waals surface area contributed by atoms with E-state index in [2.05, 4.69) is 227 Å². The lowest BCUT2D eigenvalue weighted by Gasteiger charge is -2.42. The molecule has 0 bridgehead atoms. The fourth-order valence-electron chi connectivity index (χ4n) is 8.63. The maximum atomic E-state index is 4.39. The number of rotatable bonds is 20. The van der Waals surface area contributed by atoms with Gasteiger partial charge in [-0.05, 0) is 70.8 Å². The van der Waals surface area contributed by atoms with Gasteiger partial charge in [0.1, 0.15) is 49.4 Å². The zero-order valence-electron chi connectivity index (χ0n) is 41.8. The largest absolute Gasteiger partial charge is 0.360 e. The molecule has 56 heavy (non-hydrogen) atoms. The van der Waals surface area contributed by atoms with Crippen molar-refractivity contribution in [2.24, 2.45) is 0 Å². The smallest absolute Gasteiger partial charge is 0.150 e. The standard InChI is InChI=1S/C20H31NSi2.C12H31NSi2.2C6H19NSi2/c1-5-22(6-2,19-15-11-9-12-16-19)21-23(7-3,8-4)20-17-13-10-14-18-20;1-7-14(8-2,9-3)13-15(10-4,11-5)12-6;2*1-8(2,3)7-9(4,5)6/h9-18,21H,5-8H2,1-4H3;13H,7-12H2,1-6H3;2*7H,1-6H3. The molecular weight excluding hydrogens is 809 g/mol. The van der Waals surface area contributed by atoms with Gasteiger partial charge in [0.25, 0.3) is 0 Å². The van der Waals surface area contributed by atoms with Gasteiger partial charge < -0.3 is 18.6 Å². The van der Waals surface area contributed by atoms with E-state index in [9.17, 15) is 0 Å². The van der Waals surface area contributed by atoms with Crippen molar-refractivity contribution in [3.63, 3.8) is 0 Å². The zero-order chi connectivity index (χ0) is 44.1. The van der Waals surface area contributed by atoms with E-state index in [1.54, 1.807) is 10.4 Å². The van der Waals surface area contributed by atoms with Crippen LogP contribution in [-0.2, 0) is 0 Å². The summed E-state index contributed by atoms with van der Waals surface area (Å²) >= 11 is 0. The van der Waals surface area contributed by atoms with E-state index in [-0.39, 0.29) is 0 Å². The lowest BCUT2D eigenvalue weighted by atomic mass is 10.4. The topological polar surface area (TPSA) is 48.1 Å². The molecule has 2 rings (SSSR count). The van der Waals surface area contributed by atoms with Crippen molar-refractivity contribution >= 4 is 76.3 Å². The van der Waals surface area contributed by atoms with Gasteiger partial charge in [0.2, 0.25) is 0 Å². The van der Waals surface area contributed by atoms with Crippen LogP contribution in [0.5, 0.6) is 0 Å². The predicted octanol–water partition coefficient (Wildman–Crippen LogP) is 13.4. The van der Waals surface area contributed by atoms with Crippen LogP contribution in [0.1, 0.15) is 69.2 Å². The van der Waals surface area contributed by atoms with Gasteiger partial charge in [-0.25, -0.2) is 0 Å². The van der Waals surface area contributed by atoms with Crippen LogP contribution in [0.15, 0.2) is 60.7 Å². The van der Waals surface area contributed by atoms with E-state index in [1.165, 1.54) is 60.4 Å². The van der Waals surface area contributed by atoms with E-state index in [0.717, 1.165) is 0 Å². The lowest BCUT2D eigenvalue weighted by molar-refractivity contribution is 1.02. The second-order valence-electron chi connectivity index (χ2n) is 20.5. The van der Waals surface area contributed by atoms with Crippen LogP contribution in [0.4, 0.5) is 0 Å². The zero-order valence-corrected chi connectivity index (χ0v) is 49.8. The Hall–Kier alpha value is 0.0151. The molecule has 0 aliphatic carbocycles. The van der Waals surface area contributed by atoms with E-state index in [0.29, 0.717) is 0 Å². The Morgan fingerprint density at radius 2 is 0.500 bits per heavy atom. The van der Waals surface area contributed by atoms with Crippen molar-refractivity contribution in [2.75, 3.05) is 0 Å². The summed E-state index contributed by atoms with van der Waals surface area (Å²) in [6.45, 7) is 52.1. The molecule has 0 saturated heterocycles. The van der Waals surface area contributed by atoms with Crippen LogP contribution >= 0.6 is 0 Å². The molecule has 2 aromatic carbocycles. The van der Waals surface area contributed by atoms with Gasteiger partial charge in [0, 0.05) is 0 Å². The van der Waals surface area contributed by atoms with Crippen molar-refractivity contribution in [3.8, 4) is 0 Å². The first kappa shape index (κ1) is 58.1. The summed E-state index contributed by atoms with van der Waals surface area (Å²) in [5.74, 6) is 0. The molecule has 328 valence electrons. The molecule has 12 heteroatoms. The molecule has 0 unspecified atom stereocenters. The first-order valence-electron chi connectivity index (χ1n) is 22.9. The second kappa shape index (κ2) is 26.4. The van der Waals surface area contributed by atoms with Crippen LogP contribution in [0.3, 0.4) is 0 Å². The van der Waals surface area contributed by atoms with E-state index < -0.39 is 65.9 Å². The number of nitrogens with one attached hydrogen (secondary N) is 4. The maximum absolute atomic E-state index is 4.39. The first-order chi connectivity index (χ1) is 25.6. The molecule has 0 aromatic heterocycles. The fourth-order valence-corrected chi connectivity index (χ4v) is 50.3. The minimum absolute atomic E-state index is 0.981. The molecule has 0 aliphatic heterocycles. The van der Waals surface area contributed by atoms with E-state index >= 15 is 0 Å². The molecule has 0 heterocycles. The summed E-state index contributed by atoms with van der Waals surface area (Å²) < 4.78 is 16.1. The third-order valence-corrected chi connectivity index (χ3v) is 47.5. The van der Waals surface area contributed by atoms with Crippen LogP contribution < -0.4 is 29.0 Å². The van der Waals surface area contributed by atoms with Gasteiger partial charge in [-0.15, -0.1) is 0 Å². The quantitative estimate of drug-likeness (QED) is 0.100. The van der Waals surface area contributed by atoms with Crippen LogP contribution in [0.25, 0.3) is 0 Å². The molecule has 0 radical (unpaired) electrons. The summed E-state index contributed by atoms with van der Waals surface area (Å²) in [6, 6.07) is 36.0. The van der Waals surface area contributed by atoms with Crippen LogP contribution in [-0.4, -0.2) is 65.9 Å². The van der Waals surface area contributed by atoms with Crippen molar-refractivity contribution in [2.45, 2.75) is 208 Å². The average molecular weight is 910 g/mol. The SMILES string of the molecule is CC[Si](CC)(CC)N[Si](CC)(CC)CC.CC[Si](CC)(N[Si](CC)(CC)c1ccccc1)c1ccccc1.C[Si](C)(C)N[Si](C)(C)C.C[Si](C)(C)N[Si](C)(C)C. The Bertz CT molecular complexity index is 1120. The molecule has 0 atom stereocenters. The highest BCUT2D eigenvalue weighted by Crippen LogP contribution is 2.25. The third-order valence-electron chi connectivity index (χ3n) is 11.6. The molecule has 0 amide bonds. The lowest BCUT2D eigenvalue weighted by Crippen LogP contribution is -2.73. The molecule has 4 N–H and O–H groups in total. The van der Waals surface area contributed by atoms with Crippen molar-refractivity contribution in [1.29, 1.82) is 0 Å². The van der Waals surface area contributed by atoms with Crippen molar-refractivity contribution in [3.05, 3.63) is 60.7 Å². The summed E-state index contributed by atoms with van der Waals surface area (Å²) in [6.07, 6.45) is 0. The Balaban J connectivity index is 0. The highest BCUT2D eigenvalue weighted by molar-refractivity contribution is 7.04. The van der Waals surface area contributed by atoms with E-state index in [4.69, 9.17) is 0 Å². The van der Waals surface area contributed by atoms with Crippen LogP contribution in [0, 0.1) is 0 Å². The van der Waals surface area contributed by atoms with Gasteiger partial charge >= 0.3 is 0 Å². The predicted molar refractivity (Wildman–Crippen MR) is 286 cm³/mol. The molecular formula is C44H100N4Si8. The number of hydrogen-bond acceptors (Lipinski definition) is 4. The minimum atomic E-state index is -1.67. The Morgan fingerprint density at radius 3 is 0.643 bits per heavy atom. The van der Waals surface area contributed by atoms with Crippen LogP contribution in [0.2, 0.25) is 139 Å². The summed E-state index contributed by atoms with van der Waals surface area (Å²) in [7, 11) is -9.47. The molecule has 0 saturated carbocycles. The molecule has 2 aromatic rings. The summed E-state index contributed by atoms with van der Waals surface area (Å²) in [4.78, 5) is 0. The van der Waals surface area contributed by atoms with Gasteiger partial charge in [-0.2, -0.15) is 0 Å². The highest BCUT2D eigenvalue weighted by atomic mass is 28.4. The summed E-state index contributed by atoms with van der Waals surface area (Å²) in [5, 5.41) is 3.14. The monoisotopic (exact) mass is 909 g/mol. The van der Waals surface area contributed by atoms with Gasteiger partial charge in [0.15, 0.2) is 16.5 Å². The van der Waals surface area contributed by atoms with Crippen molar-refractivity contribution in [1.82, 2.24) is 18.6 Å². The molecule has 0 aliphatic rings. The number of hydrogen-bond donors (Lipinski definition) is 4. The normalized spacial score (nSPS) is 13.1. The Morgan fingerprint density at radius 1 is 0.286 bits per heavy atom. The minimum Gasteiger partial charge on any atom is -0.360 e. The molecule has 4 nitrogen and oxygen atoms in total. The van der Waals surface area contributed by atoms with Crippen molar-refractivity contribution < 1.29 is 0 Å².